The van der Waals surface area contributed by atoms with Crippen LogP contribution in [-0.4, -0.2) is 58.1 Å². The van der Waals surface area contributed by atoms with Crippen LogP contribution in [0.2, 0.25) is 5.02 Å². The van der Waals surface area contributed by atoms with Crippen molar-refractivity contribution in [3.05, 3.63) is 73.9 Å². The van der Waals surface area contributed by atoms with Crippen LogP contribution in [0.15, 0.2) is 42.1 Å². The molecule has 1 heterocycles. The van der Waals surface area contributed by atoms with E-state index >= 15 is 0 Å². The number of nitro groups is 1. The third-order valence-corrected chi connectivity index (χ3v) is 5.24. The molecule has 162 valence electrons. The van der Waals surface area contributed by atoms with Gasteiger partial charge in [-0.25, -0.2) is 9.59 Å². The topological polar surface area (TPSA) is 113 Å². The maximum Gasteiger partial charge on any atom is 0.342 e. The molecule has 1 aliphatic rings. The van der Waals surface area contributed by atoms with Crippen molar-refractivity contribution in [2.75, 3.05) is 26.4 Å². The van der Waals surface area contributed by atoms with Gasteiger partial charge in [-0.1, -0.05) is 29.8 Å². The number of piperazine rings is 1. The number of nitrogens with zero attached hydrogens (tertiary/aromatic N) is 3. The molecule has 0 spiro atoms. The van der Waals surface area contributed by atoms with Crippen molar-refractivity contribution < 1.29 is 24.4 Å². The fraction of sp³-hybridized carbons (Fsp3) is 0.286. The van der Waals surface area contributed by atoms with Crippen LogP contribution in [0, 0.1) is 17.0 Å². The summed E-state index contributed by atoms with van der Waals surface area (Å²) in [5.41, 5.74) is 0.774. The highest BCUT2D eigenvalue weighted by Crippen LogP contribution is 2.34. The molecule has 2 aromatic carbocycles. The summed E-state index contributed by atoms with van der Waals surface area (Å²) in [7, 11) is 0. The number of carbonyl (C=O) groups excluding carboxylic acids is 1. The fourth-order valence-corrected chi connectivity index (χ4v) is 3.49. The Bertz CT molecular complexity index is 1050. The van der Waals surface area contributed by atoms with E-state index in [1.54, 1.807) is 24.0 Å². The quantitative estimate of drug-likeness (QED) is 0.393. The van der Waals surface area contributed by atoms with Gasteiger partial charge in [-0.3, -0.25) is 15.0 Å². The maximum atomic E-state index is 11.5. The Labute approximate surface area is 183 Å². The zero-order valence-electron chi connectivity index (χ0n) is 16.7. The highest BCUT2D eigenvalue weighted by molar-refractivity contribution is 6.30. The first-order valence-electron chi connectivity index (χ1n) is 9.40. The molecular weight excluding hydrogens is 426 g/mol. The number of carbonyl (C=O) groups is 1. The summed E-state index contributed by atoms with van der Waals surface area (Å²) in [6, 6.07) is 10.1. The van der Waals surface area contributed by atoms with Gasteiger partial charge in [0.2, 0.25) is 5.75 Å². The number of halogens is 1. The van der Waals surface area contributed by atoms with Crippen molar-refractivity contribution in [3.8, 4) is 5.75 Å². The number of carboxylic acids is 1. The number of aromatic carboxylic acids is 1. The number of ether oxygens (including phenoxy) is 1. The summed E-state index contributed by atoms with van der Waals surface area (Å²) < 4.78 is 5.65. The molecular formula is C21H20ClN3O6. The summed E-state index contributed by atoms with van der Waals surface area (Å²) in [6.45, 7) is 3.50. The molecule has 1 fully saturated rings. The van der Waals surface area contributed by atoms with Crippen LogP contribution in [0.25, 0.3) is 0 Å². The highest BCUT2D eigenvalue weighted by Gasteiger charge is 2.29. The molecule has 1 saturated heterocycles. The number of hydrogen-bond acceptors (Lipinski definition) is 7. The summed E-state index contributed by atoms with van der Waals surface area (Å²) >= 11 is 5.91. The average molecular weight is 446 g/mol. The first-order chi connectivity index (χ1) is 14.8. The lowest BCUT2D eigenvalue weighted by atomic mass is 10.1. The van der Waals surface area contributed by atoms with Crippen LogP contribution in [0.1, 0.15) is 21.5 Å². The minimum atomic E-state index is -1.42. The molecule has 10 heteroatoms. The van der Waals surface area contributed by atoms with Gasteiger partial charge in [0.1, 0.15) is 17.2 Å². The molecule has 0 saturated carbocycles. The molecule has 1 N–H and O–H groups in total. The minimum Gasteiger partial charge on any atom is -0.477 e. The van der Waals surface area contributed by atoms with Crippen LogP contribution in [0.4, 0.5) is 5.69 Å². The Morgan fingerprint density at radius 2 is 1.97 bits per heavy atom. The summed E-state index contributed by atoms with van der Waals surface area (Å²) in [4.78, 5) is 37.3. The molecule has 31 heavy (non-hydrogen) atoms. The second-order valence-electron chi connectivity index (χ2n) is 7.09. The van der Waals surface area contributed by atoms with Crippen molar-refractivity contribution in [2.24, 2.45) is 0 Å². The van der Waals surface area contributed by atoms with Crippen LogP contribution in [0.3, 0.4) is 0 Å². The number of carboxylic acid groups (broad SMARTS) is 1. The van der Waals surface area contributed by atoms with Crippen molar-refractivity contribution in [3.63, 3.8) is 0 Å². The molecule has 1 aliphatic heterocycles. The predicted molar refractivity (Wildman–Crippen MR) is 113 cm³/mol. The number of hydrogen-bond donors (Lipinski definition) is 1. The van der Waals surface area contributed by atoms with Crippen molar-refractivity contribution in [2.45, 2.75) is 13.5 Å². The summed E-state index contributed by atoms with van der Waals surface area (Å²) in [5, 5.41) is 21.4. The van der Waals surface area contributed by atoms with Gasteiger partial charge in [-0.05, 0) is 36.2 Å². The second-order valence-corrected chi connectivity index (χ2v) is 7.53. The van der Waals surface area contributed by atoms with Gasteiger partial charge in [0, 0.05) is 31.2 Å². The van der Waals surface area contributed by atoms with Crippen LogP contribution < -0.4 is 4.74 Å². The number of aryl methyl sites for hydroxylation is 1. The zero-order chi connectivity index (χ0) is 22.5. The standard InChI is InChI=1S/C21H20ClN3O6/c1-14-2-7-18(21(27)28)19(25(29)30)20(14)31-13-24-9-8-23(11-17(24)12-26)10-15-3-5-16(22)6-4-15/h2-7H,8-11,13H2,1H3,(H,27,28). The van der Waals surface area contributed by atoms with Crippen LogP contribution in [0.5, 0.6) is 5.75 Å². The van der Waals surface area contributed by atoms with E-state index in [0.29, 0.717) is 42.5 Å². The third-order valence-electron chi connectivity index (χ3n) is 4.98. The Morgan fingerprint density at radius 1 is 1.26 bits per heavy atom. The van der Waals surface area contributed by atoms with Gasteiger partial charge in [0.05, 0.1) is 4.92 Å². The molecule has 0 aliphatic carbocycles. The zero-order valence-corrected chi connectivity index (χ0v) is 17.5. The average Bonchev–Trinajstić information content (AvgIpc) is 2.74. The molecule has 2 aromatic rings. The Kier molecular flexibility index (Phi) is 6.91. The first kappa shape index (κ1) is 22.3. The second kappa shape index (κ2) is 9.61. The van der Waals surface area contributed by atoms with E-state index in [-0.39, 0.29) is 12.5 Å². The highest BCUT2D eigenvalue weighted by atomic mass is 35.5. The normalized spacial score (nSPS) is 14.3. The van der Waals surface area contributed by atoms with Crippen LogP contribution in [-0.2, 0) is 11.3 Å². The van der Waals surface area contributed by atoms with Gasteiger partial charge in [-0.2, -0.15) is 0 Å². The number of benzene rings is 2. The minimum absolute atomic E-state index is 0.126. The van der Waals surface area contributed by atoms with Crippen molar-refractivity contribution in [1.82, 2.24) is 9.80 Å². The lowest BCUT2D eigenvalue weighted by Crippen LogP contribution is -2.45. The van der Waals surface area contributed by atoms with Gasteiger partial charge in [0.15, 0.2) is 6.73 Å². The lowest BCUT2D eigenvalue weighted by molar-refractivity contribution is -0.386. The largest absolute Gasteiger partial charge is 0.477 e. The fourth-order valence-electron chi connectivity index (χ4n) is 3.36. The van der Waals surface area contributed by atoms with E-state index < -0.39 is 22.1 Å². The van der Waals surface area contributed by atoms with Gasteiger partial charge < -0.3 is 14.7 Å². The summed E-state index contributed by atoms with van der Waals surface area (Å²) in [6.07, 6.45) is 0. The molecule has 0 atom stereocenters. The maximum absolute atomic E-state index is 11.5. The Morgan fingerprint density at radius 3 is 2.58 bits per heavy atom. The van der Waals surface area contributed by atoms with E-state index in [0.717, 1.165) is 5.56 Å². The monoisotopic (exact) mass is 445 g/mol. The smallest absolute Gasteiger partial charge is 0.342 e. The molecule has 9 nitrogen and oxygen atoms in total. The first-order valence-corrected chi connectivity index (χ1v) is 9.77. The van der Waals surface area contributed by atoms with Crippen LogP contribution >= 0.6 is 11.6 Å². The Balaban J connectivity index is 1.71. The predicted octanol–water partition coefficient (Wildman–Crippen LogP) is 3.12. The van der Waals surface area contributed by atoms with E-state index in [4.69, 9.17) is 16.3 Å². The van der Waals surface area contributed by atoms with E-state index in [1.165, 1.54) is 12.1 Å². The third kappa shape index (κ3) is 5.21. The van der Waals surface area contributed by atoms with Gasteiger partial charge >= 0.3 is 11.7 Å². The molecule has 0 radical (unpaired) electrons. The van der Waals surface area contributed by atoms with Crippen molar-refractivity contribution >= 4 is 29.2 Å². The van der Waals surface area contributed by atoms with Gasteiger partial charge in [0.25, 0.3) is 0 Å². The summed E-state index contributed by atoms with van der Waals surface area (Å²) in [5.74, 6) is 0.377. The molecule has 0 bridgehead atoms. The molecule has 0 unspecified atom stereocenters. The van der Waals surface area contributed by atoms with Gasteiger partial charge in [-0.15, -0.1) is 0 Å². The van der Waals surface area contributed by atoms with E-state index in [9.17, 15) is 24.8 Å². The van der Waals surface area contributed by atoms with E-state index in [1.807, 2.05) is 18.1 Å². The van der Waals surface area contributed by atoms with Crippen molar-refractivity contribution in [1.29, 1.82) is 0 Å². The Hall–Kier alpha value is -3.39. The molecule has 0 amide bonds. The lowest BCUT2D eigenvalue weighted by Gasteiger charge is -2.36. The van der Waals surface area contributed by atoms with E-state index in [2.05, 4.69) is 4.90 Å². The number of nitro benzene ring substituents is 1. The molecule has 3 rings (SSSR count). The number of rotatable bonds is 7. The molecule has 0 aromatic heterocycles. The SMILES string of the molecule is Cc1ccc(C(=O)O)c([N+](=O)[O-])c1OCN1CCN(Cc2ccc(Cl)cc2)CC1=C=O.